The Morgan fingerprint density at radius 1 is 1.26 bits per heavy atom. The summed E-state index contributed by atoms with van der Waals surface area (Å²) in [4.78, 5) is 23.8. The van der Waals surface area contributed by atoms with Gasteiger partial charge in [0.2, 0.25) is 5.91 Å². The van der Waals surface area contributed by atoms with Crippen molar-refractivity contribution < 1.29 is 9.59 Å². The largest absolute Gasteiger partial charge is 0.326 e. The third-order valence-electron chi connectivity index (χ3n) is 4.17. The molecule has 0 saturated heterocycles. The number of anilines is 1. The summed E-state index contributed by atoms with van der Waals surface area (Å²) in [5.74, 6) is -0.337. The Labute approximate surface area is 136 Å². The van der Waals surface area contributed by atoms with Gasteiger partial charge in [0.25, 0.3) is 0 Å². The fraction of sp³-hybridized carbons (Fsp3) is 0.389. The summed E-state index contributed by atoms with van der Waals surface area (Å²) in [6, 6.07) is 6.98. The molecule has 0 fully saturated rings. The Balaban J connectivity index is 2.06. The molecule has 23 heavy (non-hydrogen) atoms. The Bertz CT molecular complexity index is 747. The van der Waals surface area contributed by atoms with Crippen molar-refractivity contribution in [1.29, 1.82) is 0 Å². The van der Waals surface area contributed by atoms with Crippen LogP contribution in [0.15, 0.2) is 24.3 Å². The van der Waals surface area contributed by atoms with Crippen LogP contribution in [0.4, 0.5) is 5.69 Å². The highest BCUT2D eigenvalue weighted by atomic mass is 16.2. The molecule has 1 aromatic heterocycles. The number of nitrogens with zero attached hydrogens (tertiary/aromatic N) is 2. The van der Waals surface area contributed by atoms with E-state index in [1.54, 1.807) is 24.3 Å². The van der Waals surface area contributed by atoms with Gasteiger partial charge in [0.15, 0.2) is 5.78 Å². The summed E-state index contributed by atoms with van der Waals surface area (Å²) in [6.07, 6.45) is 0. The number of rotatable bonds is 5. The molecule has 122 valence electrons. The summed E-state index contributed by atoms with van der Waals surface area (Å²) in [7, 11) is 0. The van der Waals surface area contributed by atoms with E-state index in [1.807, 2.05) is 32.4 Å². The predicted octanol–water partition coefficient (Wildman–Crippen LogP) is 3.29. The maximum absolute atomic E-state index is 12.4. The quantitative estimate of drug-likeness (QED) is 0.862. The van der Waals surface area contributed by atoms with Crippen LogP contribution in [-0.4, -0.2) is 21.5 Å². The first-order valence-corrected chi connectivity index (χ1v) is 7.72. The van der Waals surface area contributed by atoms with Gasteiger partial charge in [-0.25, -0.2) is 0 Å². The van der Waals surface area contributed by atoms with Gasteiger partial charge in [-0.3, -0.25) is 14.3 Å². The van der Waals surface area contributed by atoms with E-state index in [2.05, 4.69) is 10.4 Å². The molecule has 1 N–H and O–H groups in total. The first-order valence-electron chi connectivity index (χ1n) is 7.72. The zero-order valence-corrected chi connectivity index (χ0v) is 14.3. The lowest BCUT2D eigenvalue weighted by Crippen LogP contribution is -2.25. The molecule has 0 spiro atoms. The molecule has 1 heterocycles. The van der Waals surface area contributed by atoms with E-state index in [-0.39, 0.29) is 17.6 Å². The molecule has 0 bridgehead atoms. The van der Waals surface area contributed by atoms with Gasteiger partial charge in [0.1, 0.15) is 0 Å². The van der Waals surface area contributed by atoms with Gasteiger partial charge in [-0.2, -0.15) is 5.10 Å². The van der Waals surface area contributed by atoms with Crippen molar-refractivity contribution in [2.24, 2.45) is 5.92 Å². The number of hydrogen-bond donors (Lipinski definition) is 1. The molecule has 0 unspecified atom stereocenters. The Kier molecular flexibility index (Phi) is 4.98. The minimum absolute atomic E-state index is 0.0211. The van der Waals surface area contributed by atoms with E-state index in [9.17, 15) is 9.59 Å². The van der Waals surface area contributed by atoms with Crippen LogP contribution in [0.1, 0.15) is 41.2 Å². The number of amides is 1. The standard InChI is InChI=1S/C18H23N3O2/c1-11(10-21-14(4)12(2)13(3)20-21)18(23)19-17-8-6-7-16(9-17)15(5)22/h6-9,11H,10H2,1-5H3,(H,19,23)/t11-/m0/s1. The van der Waals surface area contributed by atoms with Crippen LogP contribution in [0.2, 0.25) is 0 Å². The smallest absolute Gasteiger partial charge is 0.229 e. The van der Waals surface area contributed by atoms with Crippen molar-refractivity contribution >= 4 is 17.4 Å². The maximum atomic E-state index is 12.4. The number of hydrogen-bond acceptors (Lipinski definition) is 3. The normalized spacial score (nSPS) is 12.0. The van der Waals surface area contributed by atoms with Gasteiger partial charge in [0, 0.05) is 16.9 Å². The summed E-state index contributed by atoms with van der Waals surface area (Å²) in [5.41, 5.74) is 4.46. The molecule has 0 saturated carbocycles. The molecule has 1 aromatic carbocycles. The second-order valence-electron chi connectivity index (χ2n) is 6.01. The second-order valence-corrected chi connectivity index (χ2v) is 6.01. The van der Waals surface area contributed by atoms with Gasteiger partial charge >= 0.3 is 0 Å². The molecule has 0 aliphatic rings. The zero-order valence-electron chi connectivity index (χ0n) is 14.3. The number of carbonyl (C=O) groups is 2. The van der Waals surface area contributed by atoms with E-state index in [0.717, 1.165) is 17.0 Å². The van der Waals surface area contributed by atoms with Crippen LogP contribution >= 0.6 is 0 Å². The number of aromatic nitrogens is 2. The fourth-order valence-corrected chi connectivity index (χ4v) is 2.39. The number of nitrogens with one attached hydrogen (secondary N) is 1. The molecular weight excluding hydrogens is 290 g/mol. The van der Waals surface area contributed by atoms with E-state index in [4.69, 9.17) is 0 Å². The third-order valence-corrected chi connectivity index (χ3v) is 4.17. The van der Waals surface area contributed by atoms with Crippen molar-refractivity contribution in [3.05, 3.63) is 46.8 Å². The highest BCUT2D eigenvalue weighted by molar-refractivity contribution is 5.97. The minimum Gasteiger partial charge on any atom is -0.326 e. The highest BCUT2D eigenvalue weighted by Gasteiger charge is 2.17. The van der Waals surface area contributed by atoms with Crippen LogP contribution < -0.4 is 5.32 Å². The number of aryl methyl sites for hydroxylation is 1. The average Bonchev–Trinajstić information content (AvgIpc) is 2.74. The molecule has 2 rings (SSSR count). The van der Waals surface area contributed by atoms with E-state index in [1.165, 1.54) is 6.92 Å². The summed E-state index contributed by atoms with van der Waals surface area (Å²) in [5, 5.41) is 7.33. The molecule has 0 radical (unpaired) electrons. The summed E-state index contributed by atoms with van der Waals surface area (Å²) in [6.45, 7) is 9.92. The number of benzene rings is 1. The van der Waals surface area contributed by atoms with Crippen molar-refractivity contribution in [3.8, 4) is 0 Å². The van der Waals surface area contributed by atoms with Crippen LogP contribution in [0.5, 0.6) is 0 Å². The van der Waals surface area contributed by atoms with Crippen LogP contribution in [0.3, 0.4) is 0 Å². The molecule has 5 heteroatoms. The van der Waals surface area contributed by atoms with Gasteiger partial charge in [-0.15, -0.1) is 0 Å². The molecule has 0 aliphatic carbocycles. The number of carbonyl (C=O) groups excluding carboxylic acids is 2. The van der Waals surface area contributed by atoms with E-state index in [0.29, 0.717) is 17.8 Å². The predicted molar refractivity (Wildman–Crippen MR) is 90.7 cm³/mol. The fourth-order valence-electron chi connectivity index (χ4n) is 2.39. The van der Waals surface area contributed by atoms with Crippen molar-refractivity contribution in [1.82, 2.24) is 9.78 Å². The highest BCUT2D eigenvalue weighted by Crippen LogP contribution is 2.15. The van der Waals surface area contributed by atoms with Gasteiger partial charge < -0.3 is 5.32 Å². The van der Waals surface area contributed by atoms with Crippen LogP contribution in [0.25, 0.3) is 0 Å². The lowest BCUT2D eigenvalue weighted by molar-refractivity contribution is -0.119. The summed E-state index contributed by atoms with van der Waals surface area (Å²) >= 11 is 0. The molecule has 2 aromatic rings. The molecule has 1 amide bonds. The van der Waals surface area contributed by atoms with Gasteiger partial charge in [-0.05, 0) is 45.4 Å². The topological polar surface area (TPSA) is 64.0 Å². The van der Waals surface area contributed by atoms with Crippen LogP contribution in [0, 0.1) is 26.7 Å². The Hall–Kier alpha value is -2.43. The maximum Gasteiger partial charge on any atom is 0.229 e. The monoisotopic (exact) mass is 313 g/mol. The Morgan fingerprint density at radius 2 is 1.96 bits per heavy atom. The van der Waals surface area contributed by atoms with Crippen LogP contribution in [-0.2, 0) is 11.3 Å². The van der Waals surface area contributed by atoms with E-state index >= 15 is 0 Å². The van der Waals surface area contributed by atoms with Crippen molar-refractivity contribution in [3.63, 3.8) is 0 Å². The van der Waals surface area contributed by atoms with Crippen molar-refractivity contribution in [2.45, 2.75) is 41.2 Å². The molecule has 1 atom stereocenters. The molecular formula is C18H23N3O2. The minimum atomic E-state index is -0.228. The second kappa shape index (κ2) is 6.77. The first kappa shape index (κ1) is 16.9. The van der Waals surface area contributed by atoms with Crippen molar-refractivity contribution in [2.75, 3.05) is 5.32 Å². The lowest BCUT2D eigenvalue weighted by atomic mass is 10.1. The third kappa shape index (κ3) is 3.86. The molecule has 0 aliphatic heterocycles. The SMILES string of the molecule is CC(=O)c1cccc(NC(=O)[C@@H](C)Cn2nc(C)c(C)c2C)c1. The lowest BCUT2D eigenvalue weighted by Gasteiger charge is -2.14. The van der Waals surface area contributed by atoms with Gasteiger partial charge in [-0.1, -0.05) is 19.1 Å². The van der Waals surface area contributed by atoms with Gasteiger partial charge in [0.05, 0.1) is 18.2 Å². The number of Topliss-reactive ketones (excluding diaryl/α,β-unsaturated/α-hetero) is 1. The molecule has 5 nitrogen and oxygen atoms in total. The Morgan fingerprint density at radius 3 is 2.52 bits per heavy atom. The summed E-state index contributed by atoms with van der Waals surface area (Å²) < 4.78 is 1.88. The van der Waals surface area contributed by atoms with E-state index < -0.39 is 0 Å². The average molecular weight is 313 g/mol. The zero-order chi connectivity index (χ0) is 17.1. The number of ketones is 1. The first-order chi connectivity index (χ1) is 10.8.